The zero-order valence-electron chi connectivity index (χ0n) is 24.0. The lowest BCUT2D eigenvalue weighted by Crippen LogP contribution is -2.30. The molecule has 10 nitrogen and oxygen atoms in total. The molecule has 2 N–H and O–H groups in total. The van der Waals surface area contributed by atoms with Gasteiger partial charge in [0, 0.05) is 22.0 Å². The number of hydrogen-bond donors (Lipinski definition) is 2. The third-order valence-corrected chi connectivity index (χ3v) is 8.99. The maximum Gasteiger partial charge on any atom is 0.373 e. The fraction of sp³-hybridized carbons (Fsp3) is 0.250. The molecule has 0 spiro atoms. The van der Waals surface area contributed by atoms with E-state index < -0.39 is 17.9 Å². The Morgan fingerprint density at radius 2 is 1.86 bits per heavy atom. The summed E-state index contributed by atoms with van der Waals surface area (Å²) in [7, 11) is 1.24. The molecule has 4 amide bonds. The molecular weight excluding hydrogens is 568 g/mol. The highest BCUT2D eigenvalue weighted by Crippen LogP contribution is 2.39. The molecule has 11 heteroatoms. The second-order valence-electron chi connectivity index (χ2n) is 10.5. The number of fused-ring (bicyclic) bond motifs is 1. The summed E-state index contributed by atoms with van der Waals surface area (Å²) in [6, 6.07) is 13.7. The molecule has 4 aromatic rings. The van der Waals surface area contributed by atoms with Gasteiger partial charge in [0.1, 0.15) is 16.5 Å². The first kappa shape index (κ1) is 28.2. The van der Waals surface area contributed by atoms with Crippen LogP contribution in [0.4, 0.5) is 10.5 Å². The van der Waals surface area contributed by atoms with E-state index in [-0.39, 0.29) is 29.7 Å². The molecule has 0 atom stereocenters. The predicted octanol–water partition coefficient (Wildman–Crippen LogP) is 5.76. The zero-order chi connectivity index (χ0) is 30.2. The smallest absolute Gasteiger partial charge is 0.373 e. The minimum Gasteiger partial charge on any atom is -0.463 e. The van der Waals surface area contributed by atoms with Crippen LogP contribution in [0.25, 0.3) is 11.1 Å². The zero-order valence-corrected chi connectivity index (χ0v) is 24.8. The summed E-state index contributed by atoms with van der Waals surface area (Å²) >= 11 is 1.64. The number of para-hydroxylation sites is 1. The van der Waals surface area contributed by atoms with Crippen LogP contribution in [0.2, 0.25) is 0 Å². The summed E-state index contributed by atoms with van der Waals surface area (Å²) in [5.41, 5.74) is 5.13. The van der Waals surface area contributed by atoms with E-state index in [0.717, 1.165) is 63.8 Å². The molecule has 0 bridgehead atoms. The van der Waals surface area contributed by atoms with Crippen molar-refractivity contribution in [2.75, 3.05) is 12.4 Å². The topological polar surface area (TPSA) is 123 Å². The van der Waals surface area contributed by atoms with Gasteiger partial charge in [0.15, 0.2) is 0 Å². The summed E-state index contributed by atoms with van der Waals surface area (Å²) in [5, 5.41) is 6.57. The summed E-state index contributed by atoms with van der Waals surface area (Å²) in [4.78, 5) is 53.6. The molecule has 1 aromatic carbocycles. The molecule has 220 valence electrons. The number of rotatable bonds is 7. The molecule has 0 saturated carbocycles. The Hall–Kier alpha value is -4.90. The molecule has 4 heterocycles. The predicted molar refractivity (Wildman–Crippen MR) is 161 cm³/mol. The van der Waals surface area contributed by atoms with E-state index in [1.54, 1.807) is 17.4 Å². The lowest BCUT2D eigenvalue weighted by atomic mass is 9.95. The highest BCUT2D eigenvalue weighted by atomic mass is 32.1. The molecular formula is C32H30N4O6S. The number of carbonyl (C=O) groups excluding carboxylic acids is 4. The van der Waals surface area contributed by atoms with Gasteiger partial charge in [0.2, 0.25) is 5.76 Å². The fourth-order valence-electron chi connectivity index (χ4n) is 5.60. The van der Waals surface area contributed by atoms with Gasteiger partial charge < -0.3 is 24.4 Å². The van der Waals surface area contributed by atoms with Crippen LogP contribution in [0.15, 0.2) is 58.6 Å². The van der Waals surface area contributed by atoms with Crippen molar-refractivity contribution in [2.45, 2.75) is 46.1 Å². The number of anilines is 1. The average Bonchev–Trinajstić information content (AvgIpc) is 3.75. The van der Waals surface area contributed by atoms with Crippen molar-refractivity contribution in [3.63, 3.8) is 0 Å². The average molecular weight is 599 g/mol. The minimum absolute atomic E-state index is 0.0140. The summed E-state index contributed by atoms with van der Waals surface area (Å²) < 4.78 is 12.1. The molecule has 0 radical (unpaired) electrons. The largest absolute Gasteiger partial charge is 0.463 e. The van der Waals surface area contributed by atoms with Crippen LogP contribution < -0.4 is 10.6 Å². The van der Waals surface area contributed by atoms with Crippen molar-refractivity contribution >= 4 is 46.9 Å². The number of hydrogen-bond acceptors (Lipinski definition) is 7. The van der Waals surface area contributed by atoms with Gasteiger partial charge in [-0.05, 0) is 87.1 Å². The second-order valence-corrected chi connectivity index (χ2v) is 11.6. The van der Waals surface area contributed by atoms with Crippen molar-refractivity contribution in [2.24, 2.45) is 0 Å². The lowest BCUT2D eigenvalue weighted by Gasteiger charge is -2.14. The number of aromatic nitrogens is 1. The van der Waals surface area contributed by atoms with Gasteiger partial charge in [0.25, 0.3) is 11.8 Å². The van der Waals surface area contributed by atoms with E-state index in [2.05, 4.69) is 19.9 Å². The first-order valence-corrected chi connectivity index (χ1v) is 14.8. The number of furan rings is 1. The van der Waals surface area contributed by atoms with Crippen LogP contribution in [0.3, 0.4) is 0 Å². The normalized spacial score (nSPS) is 15.5. The number of ether oxygens (including phenoxy) is 1. The number of urea groups is 1. The number of carbonyl (C=O) groups is 4. The van der Waals surface area contributed by atoms with Crippen LogP contribution in [0, 0.1) is 13.8 Å². The van der Waals surface area contributed by atoms with E-state index in [1.165, 1.54) is 24.1 Å². The highest BCUT2D eigenvalue weighted by molar-refractivity contribution is 7.15. The molecule has 0 unspecified atom stereocenters. The van der Waals surface area contributed by atoms with Crippen molar-refractivity contribution < 1.29 is 28.3 Å². The Kier molecular flexibility index (Phi) is 7.49. The number of esters is 1. The van der Waals surface area contributed by atoms with Gasteiger partial charge >= 0.3 is 12.0 Å². The summed E-state index contributed by atoms with van der Waals surface area (Å²) in [6.07, 6.45) is 5.57. The Morgan fingerprint density at radius 1 is 1.09 bits per heavy atom. The number of aryl methyl sites for hydroxylation is 2. The number of nitrogens with zero attached hydrogens (tertiary/aromatic N) is 2. The Bertz CT molecular complexity index is 1800. The van der Waals surface area contributed by atoms with Gasteiger partial charge in [-0.1, -0.05) is 18.2 Å². The maximum absolute atomic E-state index is 13.7. The Labute approximate surface area is 251 Å². The van der Waals surface area contributed by atoms with E-state index in [0.29, 0.717) is 5.56 Å². The van der Waals surface area contributed by atoms with Crippen molar-refractivity contribution in [1.29, 1.82) is 0 Å². The lowest BCUT2D eigenvalue weighted by molar-refractivity contribution is -0.123. The van der Waals surface area contributed by atoms with E-state index in [9.17, 15) is 19.2 Å². The standard InChI is InChI=1S/C32H30N4O6S/c1-18-15-20(16-24-29(38)35(32(40)34-24)17-22-13-14-25(42-22)31(39)41-3)19(2)36(18)30-27(23-11-7-8-12-26(23)43-30)28(37)33-21-9-5-4-6-10-21/h4-6,9-10,13-16H,7-8,11-12,17H2,1-3H3,(H,33,37)(H,34,40)/b24-16-. The monoisotopic (exact) mass is 598 g/mol. The van der Waals surface area contributed by atoms with Gasteiger partial charge in [-0.15, -0.1) is 11.3 Å². The van der Waals surface area contributed by atoms with E-state index in [1.807, 2.05) is 50.2 Å². The number of methoxy groups -OCH3 is 1. The first-order chi connectivity index (χ1) is 20.7. The van der Waals surface area contributed by atoms with Crippen LogP contribution in [0.5, 0.6) is 0 Å². The van der Waals surface area contributed by atoms with E-state index in [4.69, 9.17) is 4.42 Å². The first-order valence-electron chi connectivity index (χ1n) is 14.0. The molecule has 1 saturated heterocycles. The third-order valence-electron chi connectivity index (χ3n) is 7.71. The van der Waals surface area contributed by atoms with E-state index >= 15 is 0 Å². The van der Waals surface area contributed by atoms with Gasteiger partial charge in [-0.2, -0.15) is 0 Å². The van der Waals surface area contributed by atoms with Gasteiger partial charge in [-0.3, -0.25) is 14.5 Å². The summed E-state index contributed by atoms with van der Waals surface area (Å²) in [5.74, 6) is -1.05. The van der Waals surface area contributed by atoms with Crippen LogP contribution in [-0.2, 0) is 28.9 Å². The maximum atomic E-state index is 13.7. The van der Waals surface area contributed by atoms with Crippen LogP contribution >= 0.6 is 11.3 Å². The number of thiophene rings is 1. The molecule has 1 aliphatic carbocycles. The SMILES string of the molecule is COC(=O)c1ccc(CN2C(=O)N/C(=C\c3cc(C)n(-c4sc5c(c4C(=O)Nc4ccccc4)CCCC5)c3C)C2=O)o1. The molecule has 6 rings (SSSR count). The van der Waals surface area contributed by atoms with Crippen molar-refractivity contribution in [1.82, 2.24) is 14.8 Å². The molecule has 2 aliphatic rings. The molecule has 43 heavy (non-hydrogen) atoms. The fourth-order valence-corrected chi connectivity index (χ4v) is 7.10. The number of amides is 4. The quantitative estimate of drug-likeness (QED) is 0.158. The molecule has 1 fully saturated rings. The van der Waals surface area contributed by atoms with Crippen LogP contribution in [-0.4, -0.2) is 40.4 Å². The number of imide groups is 1. The number of nitrogens with one attached hydrogen (secondary N) is 2. The van der Waals surface area contributed by atoms with Crippen molar-refractivity contribution in [3.05, 3.63) is 98.7 Å². The third kappa shape index (κ3) is 5.27. The molecule has 3 aromatic heterocycles. The van der Waals surface area contributed by atoms with Gasteiger partial charge in [-0.25, -0.2) is 9.59 Å². The Balaban J connectivity index is 1.31. The second kappa shape index (κ2) is 11.4. The Morgan fingerprint density at radius 3 is 2.63 bits per heavy atom. The highest BCUT2D eigenvalue weighted by Gasteiger charge is 2.35. The molecule has 1 aliphatic heterocycles. The van der Waals surface area contributed by atoms with Crippen LogP contribution in [0.1, 0.15) is 66.9 Å². The number of benzene rings is 1. The minimum atomic E-state index is -0.647. The summed E-state index contributed by atoms with van der Waals surface area (Å²) in [6.45, 7) is 3.76. The van der Waals surface area contributed by atoms with Crippen molar-refractivity contribution in [3.8, 4) is 5.00 Å². The van der Waals surface area contributed by atoms with Gasteiger partial charge in [0.05, 0.1) is 19.2 Å².